The van der Waals surface area contributed by atoms with Gasteiger partial charge in [-0.2, -0.15) is 5.26 Å². The maximum Gasteiger partial charge on any atom is 0.242 e. The lowest BCUT2D eigenvalue weighted by Gasteiger charge is -2.21. The Bertz CT molecular complexity index is 632. The predicted octanol–water partition coefficient (Wildman–Crippen LogP) is 3.46. The summed E-state index contributed by atoms with van der Waals surface area (Å²) < 4.78 is 27.1. The number of benzene rings is 1. The summed E-state index contributed by atoms with van der Waals surface area (Å²) in [5, 5.41) is 8.99. The lowest BCUT2D eigenvalue weighted by molar-refractivity contribution is 0.339. The van der Waals surface area contributed by atoms with Gasteiger partial charge in [-0.3, -0.25) is 0 Å². The molecule has 0 atom stereocenters. The Balaban J connectivity index is 1.99. The van der Waals surface area contributed by atoms with Crippen LogP contribution in [0.5, 0.6) is 0 Å². The van der Waals surface area contributed by atoms with E-state index in [1.807, 2.05) is 6.07 Å². The Hall–Kier alpha value is -1.09. The van der Waals surface area contributed by atoms with Gasteiger partial charge in [0.2, 0.25) is 10.0 Å². The fourth-order valence-electron chi connectivity index (χ4n) is 2.73. The SMILES string of the molecule is N#Cc1ccc(Cl)c(S(=O)(=O)NCCC2CCCCC2)c1. The third-order valence-corrected chi connectivity index (χ3v) is 5.86. The van der Waals surface area contributed by atoms with Crippen LogP contribution in [-0.4, -0.2) is 15.0 Å². The van der Waals surface area contributed by atoms with Gasteiger partial charge in [-0.05, 0) is 30.5 Å². The van der Waals surface area contributed by atoms with Crippen LogP contribution < -0.4 is 4.72 Å². The van der Waals surface area contributed by atoms with Crippen LogP contribution in [0, 0.1) is 17.2 Å². The van der Waals surface area contributed by atoms with E-state index in [9.17, 15) is 8.42 Å². The lowest BCUT2D eigenvalue weighted by Crippen LogP contribution is -2.27. The van der Waals surface area contributed by atoms with Crippen LogP contribution in [0.4, 0.5) is 0 Å². The van der Waals surface area contributed by atoms with E-state index in [0.717, 1.165) is 6.42 Å². The van der Waals surface area contributed by atoms with Crippen molar-refractivity contribution in [3.8, 4) is 6.07 Å². The van der Waals surface area contributed by atoms with Gasteiger partial charge in [0.05, 0.1) is 16.7 Å². The largest absolute Gasteiger partial charge is 0.242 e. The van der Waals surface area contributed by atoms with Gasteiger partial charge >= 0.3 is 0 Å². The zero-order valence-corrected chi connectivity index (χ0v) is 13.4. The van der Waals surface area contributed by atoms with Crippen molar-refractivity contribution in [2.75, 3.05) is 6.54 Å². The van der Waals surface area contributed by atoms with Crippen molar-refractivity contribution < 1.29 is 8.42 Å². The molecule has 0 amide bonds. The van der Waals surface area contributed by atoms with Gasteiger partial charge in [0, 0.05) is 6.54 Å². The van der Waals surface area contributed by atoms with E-state index >= 15 is 0 Å². The summed E-state index contributed by atoms with van der Waals surface area (Å²) in [5.74, 6) is 0.613. The van der Waals surface area contributed by atoms with Crippen LogP contribution in [-0.2, 0) is 10.0 Å². The molecule has 1 aliphatic rings. The highest BCUT2D eigenvalue weighted by Crippen LogP contribution is 2.26. The number of nitriles is 1. The van der Waals surface area contributed by atoms with Crippen LogP contribution in [0.3, 0.4) is 0 Å². The highest BCUT2D eigenvalue weighted by atomic mass is 35.5. The second-order valence-electron chi connectivity index (χ2n) is 5.45. The normalized spacial score (nSPS) is 16.6. The molecule has 0 aromatic heterocycles. The molecule has 1 N–H and O–H groups in total. The number of hydrogen-bond donors (Lipinski definition) is 1. The molecule has 0 aliphatic heterocycles. The van der Waals surface area contributed by atoms with E-state index in [1.54, 1.807) is 0 Å². The minimum Gasteiger partial charge on any atom is -0.211 e. The molecule has 0 saturated heterocycles. The fourth-order valence-corrected chi connectivity index (χ4v) is 4.30. The van der Waals surface area contributed by atoms with Crippen LogP contribution in [0.15, 0.2) is 23.1 Å². The minimum atomic E-state index is -3.66. The Morgan fingerprint density at radius 3 is 2.67 bits per heavy atom. The third kappa shape index (κ3) is 4.44. The van der Waals surface area contributed by atoms with E-state index in [0.29, 0.717) is 12.5 Å². The Morgan fingerprint density at radius 2 is 2.00 bits per heavy atom. The molecule has 1 fully saturated rings. The van der Waals surface area contributed by atoms with Crippen LogP contribution in [0.1, 0.15) is 44.1 Å². The van der Waals surface area contributed by atoms with E-state index in [1.165, 1.54) is 50.3 Å². The van der Waals surface area contributed by atoms with Crippen molar-refractivity contribution in [3.05, 3.63) is 28.8 Å². The lowest BCUT2D eigenvalue weighted by atomic mass is 9.87. The zero-order chi connectivity index (χ0) is 15.3. The minimum absolute atomic E-state index is 0.0214. The Labute approximate surface area is 131 Å². The Morgan fingerprint density at radius 1 is 1.29 bits per heavy atom. The summed E-state index contributed by atoms with van der Waals surface area (Å²) in [4.78, 5) is -0.0214. The Kier molecular flexibility index (Phi) is 5.63. The molecule has 0 spiro atoms. The van der Waals surface area contributed by atoms with E-state index in [4.69, 9.17) is 16.9 Å². The van der Waals surface area contributed by atoms with Gasteiger partial charge in [-0.25, -0.2) is 13.1 Å². The quantitative estimate of drug-likeness (QED) is 0.900. The molecule has 21 heavy (non-hydrogen) atoms. The van der Waals surface area contributed by atoms with Gasteiger partial charge in [0.15, 0.2) is 0 Å². The molecule has 0 bridgehead atoms. The fraction of sp³-hybridized carbons (Fsp3) is 0.533. The molecule has 0 heterocycles. The van der Waals surface area contributed by atoms with E-state index in [2.05, 4.69) is 4.72 Å². The third-order valence-electron chi connectivity index (χ3n) is 3.92. The first-order valence-corrected chi connectivity index (χ1v) is 9.08. The van der Waals surface area contributed by atoms with Crippen molar-refractivity contribution in [2.24, 2.45) is 5.92 Å². The number of rotatable bonds is 5. The molecule has 1 aromatic carbocycles. The summed E-state index contributed by atoms with van der Waals surface area (Å²) in [6.45, 7) is 0.417. The molecule has 1 aromatic rings. The number of nitrogens with zero attached hydrogens (tertiary/aromatic N) is 1. The predicted molar refractivity (Wildman–Crippen MR) is 82.5 cm³/mol. The average Bonchev–Trinajstić information content (AvgIpc) is 2.48. The second-order valence-corrected chi connectivity index (χ2v) is 7.59. The molecule has 0 unspecified atom stereocenters. The molecular formula is C15H19ClN2O2S. The van der Waals surface area contributed by atoms with Gasteiger partial charge in [-0.15, -0.1) is 0 Å². The van der Waals surface area contributed by atoms with Crippen molar-refractivity contribution >= 4 is 21.6 Å². The smallest absolute Gasteiger partial charge is 0.211 e. The summed E-state index contributed by atoms with van der Waals surface area (Å²) in [6, 6.07) is 6.18. The van der Waals surface area contributed by atoms with Crippen molar-refractivity contribution in [1.82, 2.24) is 4.72 Å². The van der Waals surface area contributed by atoms with E-state index < -0.39 is 10.0 Å². The molecule has 6 heteroatoms. The second kappa shape index (κ2) is 7.26. The molecule has 0 radical (unpaired) electrons. The van der Waals surface area contributed by atoms with Crippen LogP contribution in [0.25, 0.3) is 0 Å². The monoisotopic (exact) mass is 326 g/mol. The van der Waals surface area contributed by atoms with Crippen molar-refractivity contribution in [3.63, 3.8) is 0 Å². The highest BCUT2D eigenvalue weighted by Gasteiger charge is 2.19. The molecule has 2 rings (SSSR count). The van der Waals surface area contributed by atoms with Gasteiger partial charge in [0.25, 0.3) is 0 Å². The first-order chi connectivity index (χ1) is 10.0. The molecular weight excluding hydrogens is 308 g/mol. The van der Waals surface area contributed by atoms with Crippen LogP contribution >= 0.6 is 11.6 Å². The van der Waals surface area contributed by atoms with Crippen LogP contribution in [0.2, 0.25) is 5.02 Å². The maximum atomic E-state index is 12.3. The summed E-state index contributed by atoms with van der Waals surface area (Å²) >= 11 is 5.94. The molecule has 114 valence electrons. The van der Waals surface area contributed by atoms with E-state index in [-0.39, 0.29) is 15.5 Å². The molecule has 1 aliphatic carbocycles. The first-order valence-electron chi connectivity index (χ1n) is 7.22. The number of sulfonamides is 1. The number of hydrogen-bond acceptors (Lipinski definition) is 3. The zero-order valence-electron chi connectivity index (χ0n) is 11.8. The summed E-state index contributed by atoms with van der Waals surface area (Å²) in [5.41, 5.74) is 0.284. The highest BCUT2D eigenvalue weighted by molar-refractivity contribution is 7.89. The molecule has 4 nitrogen and oxygen atoms in total. The number of nitrogens with one attached hydrogen (secondary N) is 1. The standard InChI is InChI=1S/C15H19ClN2O2S/c16-14-7-6-13(11-17)10-15(14)21(19,20)18-9-8-12-4-2-1-3-5-12/h6-7,10,12,18H,1-5,8-9H2. The van der Waals surface area contributed by atoms with Crippen molar-refractivity contribution in [1.29, 1.82) is 5.26 Å². The first kappa shape index (κ1) is 16.3. The summed E-state index contributed by atoms with van der Waals surface area (Å²) in [7, 11) is -3.66. The van der Waals surface area contributed by atoms with Gasteiger partial charge in [0.1, 0.15) is 4.90 Å². The van der Waals surface area contributed by atoms with Gasteiger partial charge < -0.3 is 0 Å². The van der Waals surface area contributed by atoms with Crippen molar-refractivity contribution in [2.45, 2.75) is 43.4 Å². The summed E-state index contributed by atoms with van der Waals surface area (Å²) in [6.07, 6.45) is 7.01. The maximum absolute atomic E-state index is 12.3. The number of halogens is 1. The topological polar surface area (TPSA) is 70.0 Å². The molecule has 1 saturated carbocycles. The average molecular weight is 327 g/mol. The van der Waals surface area contributed by atoms with Gasteiger partial charge in [-0.1, -0.05) is 43.7 Å².